The predicted molar refractivity (Wildman–Crippen MR) is 67.0 cm³/mol. The van der Waals surface area contributed by atoms with Gasteiger partial charge in [0.2, 0.25) is 0 Å². The minimum absolute atomic E-state index is 0.327. The third kappa shape index (κ3) is 3.03. The van der Waals surface area contributed by atoms with Gasteiger partial charge in [-0.1, -0.05) is 26.7 Å². The van der Waals surface area contributed by atoms with Crippen molar-refractivity contribution in [2.45, 2.75) is 39.5 Å². The van der Waals surface area contributed by atoms with Crippen LogP contribution in [0.15, 0.2) is 23.7 Å². The first-order chi connectivity index (χ1) is 7.76. The molecule has 92 valence electrons. The summed E-state index contributed by atoms with van der Waals surface area (Å²) in [7, 11) is 3.52. The minimum atomic E-state index is 0.327. The van der Waals surface area contributed by atoms with E-state index < -0.39 is 0 Å². The Morgan fingerprint density at radius 3 is 1.81 bits per heavy atom. The summed E-state index contributed by atoms with van der Waals surface area (Å²) in [5.74, 6) is 2.97. The van der Waals surface area contributed by atoms with Crippen LogP contribution in [0.5, 0.6) is 0 Å². The average molecular weight is 224 g/mol. The van der Waals surface area contributed by atoms with Crippen molar-refractivity contribution in [3.8, 4) is 0 Å². The van der Waals surface area contributed by atoms with Crippen molar-refractivity contribution in [1.82, 2.24) is 0 Å². The Hall–Kier alpha value is -0.920. The maximum absolute atomic E-state index is 5.51. The minimum Gasteiger partial charge on any atom is -0.501 e. The number of rotatable bonds is 6. The lowest BCUT2D eigenvalue weighted by molar-refractivity contribution is 0.179. The van der Waals surface area contributed by atoms with Gasteiger partial charge in [-0.3, -0.25) is 0 Å². The van der Waals surface area contributed by atoms with E-state index in [2.05, 4.69) is 26.0 Å². The van der Waals surface area contributed by atoms with E-state index in [4.69, 9.17) is 9.47 Å². The molecule has 1 rings (SSSR count). The van der Waals surface area contributed by atoms with Crippen LogP contribution in [0.3, 0.4) is 0 Å². The lowest BCUT2D eigenvalue weighted by atomic mass is 9.87. The molecule has 2 nitrogen and oxygen atoms in total. The van der Waals surface area contributed by atoms with Gasteiger partial charge in [0.1, 0.15) is 11.5 Å². The van der Waals surface area contributed by atoms with Crippen LogP contribution in [0.4, 0.5) is 0 Å². The summed E-state index contributed by atoms with van der Waals surface area (Å²) in [4.78, 5) is 0. The smallest absolute Gasteiger partial charge is 0.103 e. The van der Waals surface area contributed by atoms with Crippen LogP contribution in [0.2, 0.25) is 0 Å². The molecule has 1 aliphatic carbocycles. The van der Waals surface area contributed by atoms with Gasteiger partial charge in [0.25, 0.3) is 0 Å². The average Bonchev–Trinajstić information content (AvgIpc) is 2.31. The Kier molecular flexibility index (Phi) is 5.44. The highest BCUT2D eigenvalue weighted by Gasteiger charge is 2.26. The predicted octanol–water partition coefficient (Wildman–Crippen LogP) is 3.89. The molecule has 0 fully saturated rings. The zero-order valence-corrected chi connectivity index (χ0v) is 11.0. The molecule has 0 saturated heterocycles. The number of methoxy groups -OCH3 is 2. The third-order valence-corrected chi connectivity index (χ3v) is 3.11. The molecular formula is C14H24O2. The first kappa shape index (κ1) is 13.1. The van der Waals surface area contributed by atoms with Crippen molar-refractivity contribution >= 4 is 0 Å². The van der Waals surface area contributed by atoms with Gasteiger partial charge in [-0.2, -0.15) is 0 Å². The van der Waals surface area contributed by atoms with E-state index in [-0.39, 0.29) is 0 Å². The monoisotopic (exact) mass is 224 g/mol. The van der Waals surface area contributed by atoms with Crippen LogP contribution in [-0.4, -0.2) is 14.2 Å². The number of hydrogen-bond acceptors (Lipinski definition) is 2. The molecule has 0 saturated carbocycles. The summed E-state index contributed by atoms with van der Waals surface area (Å²) < 4.78 is 11.0. The maximum Gasteiger partial charge on any atom is 0.103 e. The fraction of sp³-hybridized carbons (Fsp3) is 0.714. The second kappa shape index (κ2) is 6.62. The summed E-state index contributed by atoms with van der Waals surface area (Å²) in [6, 6.07) is 0. The number of allylic oxidation sites excluding steroid dienone is 2. The third-order valence-electron chi connectivity index (χ3n) is 3.11. The second-order valence-corrected chi connectivity index (χ2v) is 4.34. The highest BCUT2D eigenvalue weighted by atomic mass is 16.5. The molecule has 0 amide bonds. The molecule has 0 aromatic heterocycles. The molecule has 0 atom stereocenters. The molecule has 0 N–H and O–H groups in total. The second-order valence-electron chi connectivity index (χ2n) is 4.34. The van der Waals surface area contributed by atoms with Gasteiger partial charge in [0.05, 0.1) is 20.1 Å². The van der Waals surface area contributed by atoms with Crippen molar-refractivity contribution in [2.24, 2.45) is 11.8 Å². The highest BCUT2D eigenvalue weighted by molar-refractivity contribution is 5.22. The zero-order chi connectivity index (χ0) is 12.0. The molecule has 0 spiro atoms. The van der Waals surface area contributed by atoms with E-state index in [1.54, 1.807) is 14.2 Å². The summed E-state index contributed by atoms with van der Waals surface area (Å²) >= 11 is 0. The van der Waals surface area contributed by atoms with E-state index >= 15 is 0 Å². The van der Waals surface area contributed by atoms with Gasteiger partial charge in [-0.15, -0.1) is 0 Å². The molecule has 0 aliphatic heterocycles. The maximum atomic E-state index is 5.51. The van der Waals surface area contributed by atoms with E-state index in [9.17, 15) is 0 Å². The van der Waals surface area contributed by atoms with Crippen molar-refractivity contribution < 1.29 is 9.47 Å². The number of ether oxygens (including phenoxy) is 2. The fourth-order valence-electron chi connectivity index (χ4n) is 2.34. The van der Waals surface area contributed by atoms with Gasteiger partial charge in [-0.05, 0) is 25.0 Å². The highest BCUT2D eigenvalue weighted by Crippen LogP contribution is 2.34. The first-order valence-corrected chi connectivity index (χ1v) is 6.28. The largest absolute Gasteiger partial charge is 0.501 e. The Balaban J connectivity index is 2.84. The Labute approximate surface area is 99.3 Å². The molecule has 0 unspecified atom stereocenters. The summed E-state index contributed by atoms with van der Waals surface area (Å²) in [5.41, 5.74) is 0. The Morgan fingerprint density at radius 2 is 1.44 bits per heavy atom. The fourth-order valence-corrected chi connectivity index (χ4v) is 2.34. The lowest BCUT2D eigenvalue weighted by Crippen LogP contribution is -2.17. The van der Waals surface area contributed by atoms with Crippen LogP contribution >= 0.6 is 0 Å². The van der Waals surface area contributed by atoms with Gasteiger partial charge >= 0.3 is 0 Å². The topological polar surface area (TPSA) is 18.5 Å². The van der Waals surface area contributed by atoms with Crippen LogP contribution in [0, 0.1) is 11.8 Å². The first-order valence-electron chi connectivity index (χ1n) is 6.28. The molecular weight excluding hydrogens is 200 g/mol. The SMILES string of the molecule is CCCC1C=C(OC)C(CCC)C(OC)=C1. The number of hydrogen-bond donors (Lipinski definition) is 0. The summed E-state index contributed by atoms with van der Waals surface area (Å²) in [5, 5.41) is 0. The van der Waals surface area contributed by atoms with Crippen LogP contribution in [-0.2, 0) is 9.47 Å². The molecule has 0 aromatic carbocycles. The van der Waals surface area contributed by atoms with Crippen LogP contribution in [0.1, 0.15) is 39.5 Å². The standard InChI is InChI=1S/C14H24O2/c1-5-7-11-9-13(15-3)12(8-6-2)14(10-11)16-4/h9-12H,5-8H2,1-4H3. The molecule has 1 aliphatic rings. The van der Waals surface area contributed by atoms with Crippen molar-refractivity contribution in [3.05, 3.63) is 23.7 Å². The molecule has 16 heavy (non-hydrogen) atoms. The quantitative estimate of drug-likeness (QED) is 0.681. The summed E-state index contributed by atoms with van der Waals surface area (Å²) in [6.45, 7) is 4.40. The van der Waals surface area contributed by atoms with Gasteiger partial charge < -0.3 is 9.47 Å². The van der Waals surface area contributed by atoms with E-state index in [0.29, 0.717) is 11.8 Å². The van der Waals surface area contributed by atoms with Crippen molar-refractivity contribution in [3.63, 3.8) is 0 Å². The zero-order valence-electron chi connectivity index (χ0n) is 11.0. The molecule has 2 heteroatoms. The van der Waals surface area contributed by atoms with Crippen molar-refractivity contribution in [2.75, 3.05) is 14.2 Å². The molecule has 0 bridgehead atoms. The van der Waals surface area contributed by atoms with Crippen LogP contribution in [0.25, 0.3) is 0 Å². The molecule has 0 aromatic rings. The normalized spacial score (nSPS) is 24.8. The van der Waals surface area contributed by atoms with Crippen molar-refractivity contribution in [1.29, 1.82) is 0 Å². The lowest BCUT2D eigenvalue weighted by Gasteiger charge is -2.27. The van der Waals surface area contributed by atoms with E-state index in [0.717, 1.165) is 24.4 Å². The van der Waals surface area contributed by atoms with E-state index in [1.165, 1.54) is 12.8 Å². The Bertz CT molecular complexity index is 244. The summed E-state index contributed by atoms with van der Waals surface area (Å²) in [6.07, 6.45) is 9.10. The van der Waals surface area contributed by atoms with Gasteiger partial charge in [0.15, 0.2) is 0 Å². The van der Waals surface area contributed by atoms with Gasteiger partial charge in [0, 0.05) is 5.92 Å². The Morgan fingerprint density at radius 1 is 0.938 bits per heavy atom. The molecule has 0 radical (unpaired) electrons. The van der Waals surface area contributed by atoms with Gasteiger partial charge in [-0.25, -0.2) is 0 Å². The van der Waals surface area contributed by atoms with E-state index in [1.807, 2.05) is 0 Å². The van der Waals surface area contributed by atoms with Crippen LogP contribution < -0.4 is 0 Å². The molecule has 0 heterocycles.